The molecule has 31 heavy (non-hydrogen) atoms. The summed E-state index contributed by atoms with van der Waals surface area (Å²) < 4.78 is 0. The van der Waals surface area contributed by atoms with E-state index in [1.807, 2.05) is 16.7 Å². The molecule has 1 saturated heterocycles. The van der Waals surface area contributed by atoms with E-state index in [0.717, 1.165) is 36.5 Å². The molecule has 0 aromatic carbocycles. The highest BCUT2D eigenvalue weighted by molar-refractivity contribution is 5.95. The molecule has 0 radical (unpaired) electrons. The Morgan fingerprint density at radius 1 is 1.13 bits per heavy atom. The second-order valence-electron chi connectivity index (χ2n) is 9.10. The van der Waals surface area contributed by atoms with E-state index in [9.17, 15) is 9.59 Å². The Morgan fingerprint density at radius 2 is 1.97 bits per heavy atom. The summed E-state index contributed by atoms with van der Waals surface area (Å²) in [4.78, 5) is 39.4. The number of anilines is 1. The van der Waals surface area contributed by atoms with Crippen LogP contribution in [0.4, 0.5) is 5.82 Å². The molecule has 3 aliphatic rings. The van der Waals surface area contributed by atoms with Gasteiger partial charge in [0.05, 0.1) is 6.04 Å². The van der Waals surface area contributed by atoms with Crippen LogP contribution >= 0.6 is 0 Å². The summed E-state index contributed by atoms with van der Waals surface area (Å²) >= 11 is 0. The number of fused-ring (bicyclic) bond motifs is 1. The number of nitrogens with zero attached hydrogens (tertiary/aromatic N) is 5. The third-order valence-corrected chi connectivity index (χ3v) is 7.06. The van der Waals surface area contributed by atoms with Gasteiger partial charge in [-0.1, -0.05) is 19.3 Å². The standard InChI is InChI=1S/C23H30N6O2/c1-15-17-9-10-20(30)29(14-16-6-3-2-4-7-16)22(17)26-21(25-15)19-8-5-13-28(19)23(31)18-11-12-24-27-18/h11-12,16,19H,2-10,13-14H2,1H3,(H,24,27)/t19-/m1/s1. The monoisotopic (exact) mass is 422 g/mol. The van der Waals surface area contributed by atoms with E-state index in [1.165, 1.54) is 32.1 Å². The van der Waals surface area contributed by atoms with Gasteiger partial charge in [-0.3, -0.25) is 19.6 Å². The van der Waals surface area contributed by atoms with Gasteiger partial charge in [-0.15, -0.1) is 0 Å². The summed E-state index contributed by atoms with van der Waals surface area (Å²) in [6.07, 6.45) is 10.7. The van der Waals surface area contributed by atoms with Crippen LogP contribution in [0.2, 0.25) is 0 Å². The maximum absolute atomic E-state index is 13.0. The van der Waals surface area contributed by atoms with Crippen molar-refractivity contribution in [3.8, 4) is 0 Å². The van der Waals surface area contributed by atoms with E-state index in [2.05, 4.69) is 10.2 Å². The summed E-state index contributed by atoms with van der Waals surface area (Å²) in [5.74, 6) is 2.08. The third kappa shape index (κ3) is 3.83. The van der Waals surface area contributed by atoms with Crippen LogP contribution in [0.1, 0.15) is 85.0 Å². The molecule has 0 bridgehead atoms. The number of carbonyl (C=O) groups is 2. The van der Waals surface area contributed by atoms with Crippen LogP contribution in [0.25, 0.3) is 0 Å². The minimum absolute atomic E-state index is 0.0749. The minimum atomic E-state index is -0.173. The number of H-pyrrole nitrogens is 1. The predicted molar refractivity (Wildman–Crippen MR) is 116 cm³/mol. The van der Waals surface area contributed by atoms with Gasteiger partial charge in [0.15, 0.2) is 5.82 Å². The lowest BCUT2D eigenvalue weighted by molar-refractivity contribution is -0.119. The molecule has 0 unspecified atom stereocenters. The van der Waals surface area contributed by atoms with Crippen LogP contribution in [0.15, 0.2) is 12.3 Å². The first-order chi connectivity index (χ1) is 15.1. The highest BCUT2D eigenvalue weighted by Crippen LogP contribution is 2.36. The van der Waals surface area contributed by atoms with Crippen molar-refractivity contribution in [2.24, 2.45) is 5.92 Å². The Balaban J connectivity index is 1.46. The van der Waals surface area contributed by atoms with Crippen LogP contribution in [-0.4, -0.2) is 50.0 Å². The quantitative estimate of drug-likeness (QED) is 0.815. The van der Waals surface area contributed by atoms with Gasteiger partial charge in [-0.05, 0) is 51.0 Å². The molecule has 1 saturated carbocycles. The van der Waals surface area contributed by atoms with Crippen molar-refractivity contribution in [1.29, 1.82) is 0 Å². The Labute approximate surface area is 182 Å². The molecule has 5 rings (SSSR count). The average Bonchev–Trinajstić information content (AvgIpc) is 3.48. The topological polar surface area (TPSA) is 95.1 Å². The van der Waals surface area contributed by atoms with Crippen molar-refractivity contribution >= 4 is 17.6 Å². The molecule has 4 heterocycles. The predicted octanol–water partition coefficient (Wildman–Crippen LogP) is 3.34. The van der Waals surface area contributed by atoms with E-state index in [1.54, 1.807) is 12.3 Å². The lowest BCUT2D eigenvalue weighted by atomic mass is 9.88. The summed E-state index contributed by atoms with van der Waals surface area (Å²) in [7, 11) is 0. The molecule has 1 aliphatic carbocycles. The molecule has 2 aliphatic heterocycles. The van der Waals surface area contributed by atoms with E-state index >= 15 is 0 Å². The summed E-state index contributed by atoms with van der Waals surface area (Å²) in [6, 6.07) is 1.52. The lowest BCUT2D eigenvalue weighted by Gasteiger charge is -2.34. The first kappa shape index (κ1) is 20.2. The largest absolute Gasteiger partial charge is 0.327 e. The normalized spacial score (nSPS) is 22.1. The van der Waals surface area contributed by atoms with Crippen molar-refractivity contribution in [2.75, 3.05) is 18.0 Å². The van der Waals surface area contributed by atoms with Crippen LogP contribution in [0, 0.1) is 12.8 Å². The van der Waals surface area contributed by atoms with Gasteiger partial charge in [0.2, 0.25) is 5.91 Å². The number of likely N-dealkylation sites (tertiary alicyclic amines) is 1. The van der Waals surface area contributed by atoms with Crippen LogP contribution in [0.3, 0.4) is 0 Å². The van der Waals surface area contributed by atoms with Gasteiger partial charge in [-0.25, -0.2) is 9.97 Å². The summed E-state index contributed by atoms with van der Waals surface area (Å²) in [5, 5.41) is 6.68. The third-order valence-electron chi connectivity index (χ3n) is 7.06. The number of hydrogen-bond acceptors (Lipinski definition) is 5. The summed E-state index contributed by atoms with van der Waals surface area (Å²) in [5.41, 5.74) is 2.50. The maximum atomic E-state index is 13.0. The van der Waals surface area contributed by atoms with Gasteiger partial charge in [0, 0.05) is 37.0 Å². The fourth-order valence-electron chi connectivity index (χ4n) is 5.38. The number of carbonyl (C=O) groups excluding carboxylic acids is 2. The molecule has 0 spiro atoms. The van der Waals surface area contributed by atoms with Crippen LogP contribution < -0.4 is 4.90 Å². The molecule has 2 aromatic heterocycles. The highest BCUT2D eigenvalue weighted by Gasteiger charge is 2.36. The van der Waals surface area contributed by atoms with Crippen LogP contribution in [-0.2, 0) is 11.2 Å². The zero-order chi connectivity index (χ0) is 21.4. The van der Waals surface area contributed by atoms with Gasteiger partial charge >= 0.3 is 0 Å². The fraction of sp³-hybridized carbons (Fsp3) is 0.609. The Morgan fingerprint density at radius 3 is 2.74 bits per heavy atom. The van der Waals surface area contributed by atoms with Gasteiger partial charge in [0.1, 0.15) is 11.5 Å². The molecule has 8 heteroatoms. The molecular weight excluding hydrogens is 392 g/mol. The molecule has 1 N–H and O–H groups in total. The Hall–Kier alpha value is -2.77. The first-order valence-corrected chi connectivity index (χ1v) is 11.6. The van der Waals surface area contributed by atoms with Crippen molar-refractivity contribution < 1.29 is 9.59 Å². The average molecular weight is 423 g/mol. The van der Waals surface area contributed by atoms with Crippen molar-refractivity contribution in [3.05, 3.63) is 35.0 Å². The molecule has 164 valence electrons. The molecular formula is C23H30N6O2. The smallest absolute Gasteiger partial charge is 0.272 e. The maximum Gasteiger partial charge on any atom is 0.272 e. The van der Waals surface area contributed by atoms with E-state index < -0.39 is 0 Å². The SMILES string of the molecule is Cc1nc([C@H]2CCCN2C(=O)c2ccn[nH]2)nc2c1CCC(=O)N2CC1CCCCC1. The molecule has 8 nitrogen and oxygen atoms in total. The second kappa shape index (κ2) is 8.40. The number of nitrogens with one attached hydrogen (secondary N) is 1. The van der Waals surface area contributed by atoms with Crippen LogP contribution in [0.5, 0.6) is 0 Å². The zero-order valence-corrected chi connectivity index (χ0v) is 18.1. The molecule has 2 fully saturated rings. The Kier molecular flexibility index (Phi) is 5.46. The molecule has 2 aromatic rings. The number of hydrogen-bond donors (Lipinski definition) is 1. The van der Waals surface area contributed by atoms with E-state index in [4.69, 9.17) is 9.97 Å². The van der Waals surface area contributed by atoms with Gasteiger partial charge in [-0.2, -0.15) is 5.10 Å². The number of aromatic amines is 1. The number of aryl methyl sites for hydroxylation is 1. The minimum Gasteiger partial charge on any atom is -0.327 e. The summed E-state index contributed by atoms with van der Waals surface area (Å²) in [6.45, 7) is 3.44. The van der Waals surface area contributed by atoms with Gasteiger partial charge < -0.3 is 4.90 Å². The fourth-order valence-corrected chi connectivity index (χ4v) is 5.38. The number of amides is 2. The first-order valence-electron chi connectivity index (χ1n) is 11.6. The van der Waals surface area contributed by atoms with Crippen molar-refractivity contribution in [1.82, 2.24) is 25.1 Å². The number of aromatic nitrogens is 4. The van der Waals surface area contributed by atoms with Gasteiger partial charge in [0.25, 0.3) is 5.91 Å². The van der Waals surface area contributed by atoms with E-state index in [-0.39, 0.29) is 17.9 Å². The molecule has 2 amide bonds. The second-order valence-corrected chi connectivity index (χ2v) is 9.10. The molecule has 1 atom stereocenters. The van der Waals surface area contributed by atoms with Crippen molar-refractivity contribution in [3.63, 3.8) is 0 Å². The number of rotatable bonds is 4. The lowest BCUT2D eigenvalue weighted by Crippen LogP contribution is -2.41. The highest BCUT2D eigenvalue weighted by atomic mass is 16.2. The van der Waals surface area contributed by atoms with Crippen molar-refractivity contribution in [2.45, 2.75) is 70.8 Å². The van der Waals surface area contributed by atoms with E-state index in [0.29, 0.717) is 36.8 Å². The zero-order valence-electron chi connectivity index (χ0n) is 18.1. The Bertz CT molecular complexity index is 967.